The lowest BCUT2D eigenvalue weighted by Gasteiger charge is -2.08. The smallest absolute Gasteiger partial charge is 0.258 e. The Morgan fingerprint density at radius 1 is 0.923 bits per heavy atom. The molecule has 0 radical (unpaired) electrons. The Morgan fingerprint density at radius 2 is 1.69 bits per heavy atom. The molecule has 0 spiro atoms. The Labute approximate surface area is 151 Å². The average Bonchev–Trinajstić information content (AvgIpc) is 3.12. The molecule has 2 heterocycles. The maximum atomic E-state index is 5.74. The van der Waals surface area contributed by atoms with Gasteiger partial charge in [0.05, 0.1) is 17.7 Å². The van der Waals surface area contributed by atoms with E-state index in [1.807, 2.05) is 63.2 Å². The van der Waals surface area contributed by atoms with Gasteiger partial charge in [-0.1, -0.05) is 35.0 Å². The molecule has 0 aliphatic carbocycles. The topological polar surface area (TPSA) is 61.0 Å². The van der Waals surface area contributed by atoms with Crippen molar-refractivity contribution in [2.75, 3.05) is 6.61 Å². The fourth-order valence-corrected chi connectivity index (χ4v) is 2.81. The van der Waals surface area contributed by atoms with Crippen LogP contribution in [0.5, 0.6) is 5.88 Å². The van der Waals surface area contributed by atoms with Crippen LogP contribution in [0.25, 0.3) is 33.7 Å². The predicted molar refractivity (Wildman–Crippen MR) is 101 cm³/mol. The van der Waals surface area contributed by atoms with Gasteiger partial charge in [-0.3, -0.25) is 0 Å². The second-order valence-corrected chi connectivity index (χ2v) is 6.26. The van der Waals surface area contributed by atoms with Crippen LogP contribution >= 0.6 is 0 Å². The summed E-state index contributed by atoms with van der Waals surface area (Å²) in [5.74, 6) is 1.47. The first kappa shape index (κ1) is 16.3. The van der Waals surface area contributed by atoms with Gasteiger partial charge >= 0.3 is 0 Å². The van der Waals surface area contributed by atoms with E-state index in [1.54, 1.807) is 0 Å². The molecule has 130 valence electrons. The third-order valence-corrected chi connectivity index (χ3v) is 4.18. The summed E-state index contributed by atoms with van der Waals surface area (Å²) in [5, 5.41) is 5.16. The minimum Gasteiger partial charge on any atom is -0.477 e. The highest BCUT2D eigenvalue weighted by Crippen LogP contribution is 2.31. The van der Waals surface area contributed by atoms with Crippen molar-refractivity contribution in [2.24, 2.45) is 0 Å². The van der Waals surface area contributed by atoms with Crippen molar-refractivity contribution in [2.45, 2.75) is 20.8 Å². The third kappa shape index (κ3) is 3.04. The van der Waals surface area contributed by atoms with Crippen LogP contribution < -0.4 is 4.74 Å². The highest BCUT2D eigenvalue weighted by atomic mass is 16.5. The van der Waals surface area contributed by atoms with Crippen molar-refractivity contribution in [1.82, 2.24) is 15.1 Å². The Kier molecular flexibility index (Phi) is 4.13. The Balaban J connectivity index is 1.81. The number of ether oxygens (including phenoxy) is 1. The standard InChI is InChI=1S/C21H19N3O2/c1-4-25-21-17(12-16-10-7-14(3)11-18(16)22-21)19-23-20(26-24-19)15-8-5-13(2)6-9-15/h5-12H,4H2,1-3H3. The SMILES string of the molecule is CCOc1nc2cc(C)ccc2cc1-c1noc(-c2ccc(C)cc2)n1. The first-order valence-electron chi connectivity index (χ1n) is 8.59. The number of hydrogen-bond acceptors (Lipinski definition) is 5. The highest BCUT2D eigenvalue weighted by Gasteiger charge is 2.17. The van der Waals surface area contributed by atoms with Gasteiger partial charge in [0.25, 0.3) is 5.89 Å². The number of benzene rings is 2. The molecule has 0 amide bonds. The van der Waals surface area contributed by atoms with Gasteiger partial charge in [-0.25, -0.2) is 4.98 Å². The summed E-state index contributed by atoms with van der Waals surface area (Å²) in [4.78, 5) is 9.20. The zero-order chi connectivity index (χ0) is 18.1. The number of aryl methyl sites for hydroxylation is 2. The van der Waals surface area contributed by atoms with Gasteiger partial charge in [-0.2, -0.15) is 4.98 Å². The van der Waals surface area contributed by atoms with E-state index in [-0.39, 0.29) is 0 Å². The maximum absolute atomic E-state index is 5.74. The van der Waals surface area contributed by atoms with Crippen LogP contribution in [-0.2, 0) is 0 Å². The molecule has 0 aliphatic heterocycles. The number of aromatic nitrogens is 3. The van der Waals surface area contributed by atoms with Crippen molar-refractivity contribution in [3.05, 3.63) is 59.7 Å². The second-order valence-electron chi connectivity index (χ2n) is 6.26. The van der Waals surface area contributed by atoms with Crippen LogP contribution in [0.2, 0.25) is 0 Å². The minimum absolute atomic E-state index is 0.471. The number of hydrogen-bond donors (Lipinski definition) is 0. The fourth-order valence-electron chi connectivity index (χ4n) is 2.81. The monoisotopic (exact) mass is 345 g/mol. The molecule has 0 saturated carbocycles. The van der Waals surface area contributed by atoms with Gasteiger partial charge in [0, 0.05) is 10.9 Å². The van der Waals surface area contributed by atoms with E-state index >= 15 is 0 Å². The normalized spacial score (nSPS) is 11.0. The van der Waals surface area contributed by atoms with Crippen LogP contribution in [-0.4, -0.2) is 21.7 Å². The summed E-state index contributed by atoms with van der Waals surface area (Å²) in [6, 6.07) is 16.1. The molecule has 5 heteroatoms. The predicted octanol–water partition coefficient (Wildman–Crippen LogP) is 4.97. The summed E-state index contributed by atoms with van der Waals surface area (Å²) >= 11 is 0. The van der Waals surface area contributed by atoms with Crippen LogP contribution in [0.4, 0.5) is 0 Å². The lowest BCUT2D eigenvalue weighted by Crippen LogP contribution is -1.98. The summed E-state index contributed by atoms with van der Waals surface area (Å²) in [7, 11) is 0. The summed E-state index contributed by atoms with van der Waals surface area (Å²) in [5.41, 5.74) is 4.84. The zero-order valence-corrected chi connectivity index (χ0v) is 15.0. The summed E-state index contributed by atoms with van der Waals surface area (Å²) in [6.45, 7) is 6.53. The fraction of sp³-hybridized carbons (Fsp3) is 0.190. The average molecular weight is 345 g/mol. The summed E-state index contributed by atoms with van der Waals surface area (Å²) < 4.78 is 11.2. The number of pyridine rings is 1. The van der Waals surface area contributed by atoms with Crippen molar-refractivity contribution < 1.29 is 9.26 Å². The Morgan fingerprint density at radius 3 is 2.46 bits per heavy atom. The van der Waals surface area contributed by atoms with Gasteiger partial charge in [0.1, 0.15) is 0 Å². The molecule has 0 unspecified atom stereocenters. The van der Waals surface area contributed by atoms with Crippen molar-refractivity contribution in [3.8, 4) is 28.7 Å². The Hall–Kier alpha value is -3.21. The van der Waals surface area contributed by atoms with Gasteiger partial charge in [0.15, 0.2) is 0 Å². The van der Waals surface area contributed by atoms with Crippen LogP contribution in [0.15, 0.2) is 53.1 Å². The molecule has 2 aromatic heterocycles. The van der Waals surface area contributed by atoms with E-state index in [9.17, 15) is 0 Å². The number of fused-ring (bicyclic) bond motifs is 1. The second kappa shape index (κ2) is 6.59. The van der Waals surface area contributed by atoms with E-state index in [0.717, 1.165) is 27.6 Å². The van der Waals surface area contributed by atoms with E-state index in [4.69, 9.17) is 9.26 Å². The Bertz CT molecular complexity index is 1070. The molecule has 0 N–H and O–H groups in total. The minimum atomic E-state index is 0.471. The quantitative estimate of drug-likeness (QED) is 0.523. The van der Waals surface area contributed by atoms with E-state index in [0.29, 0.717) is 24.2 Å². The van der Waals surface area contributed by atoms with Crippen LogP contribution in [0, 0.1) is 13.8 Å². The molecule has 0 saturated heterocycles. The van der Waals surface area contributed by atoms with Gasteiger partial charge < -0.3 is 9.26 Å². The third-order valence-electron chi connectivity index (χ3n) is 4.18. The molecule has 0 atom stereocenters. The molecule has 5 nitrogen and oxygen atoms in total. The molecule has 4 aromatic rings. The molecule has 0 aliphatic rings. The molecule has 4 rings (SSSR count). The summed E-state index contributed by atoms with van der Waals surface area (Å²) in [6.07, 6.45) is 0. The van der Waals surface area contributed by atoms with Gasteiger partial charge in [-0.15, -0.1) is 0 Å². The van der Waals surface area contributed by atoms with Gasteiger partial charge in [0.2, 0.25) is 11.7 Å². The highest BCUT2D eigenvalue weighted by molar-refractivity contribution is 5.85. The molecule has 26 heavy (non-hydrogen) atoms. The lowest BCUT2D eigenvalue weighted by molar-refractivity contribution is 0.329. The van der Waals surface area contributed by atoms with Crippen LogP contribution in [0.1, 0.15) is 18.1 Å². The van der Waals surface area contributed by atoms with Crippen LogP contribution in [0.3, 0.4) is 0 Å². The van der Waals surface area contributed by atoms with E-state index < -0.39 is 0 Å². The number of nitrogens with zero attached hydrogens (tertiary/aromatic N) is 3. The molecular weight excluding hydrogens is 326 g/mol. The molecule has 0 fully saturated rings. The van der Waals surface area contributed by atoms with Gasteiger partial charge in [-0.05, 0) is 50.6 Å². The lowest BCUT2D eigenvalue weighted by atomic mass is 10.1. The van der Waals surface area contributed by atoms with E-state index in [1.165, 1.54) is 5.56 Å². The first-order valence-corrected chi connectivity index (χ1v) is 8.59. The molecule has 0 bridgehead atoms. The number of rotatable bonds is 4. The first-order chi connectivity index (χ1) is 12.6. The van der Waals surface area contributed by atoms with Crippen molar-refractivity contribution >= 4 is 10.9 Å². The maximum Gasteiger partial charge on any atom is 0.258 e. The largest absolute Gasteiger partial charge is 0.477 e. The molecular formula is C21H19N3O2. The zero-order valence-electron chi connectivity index (χ0n) is 15.0. The van der Waals surface area contributed by atoms with E-state index in [2.05, 4.69) is 21.2 Å². The van der Waals surface area contributed by atoms with Crippen molar-refractivity contribution in [3.63, 3.8) is 0 Å². The van der Waals surface area contributed by atoms with Crippen molar-refractivity contribution in [1.29, 1.82) is 0 Å². The molecule has 2 aromatic carbocycles.